The molecule has 0 radical (unpaired) electrons. The summed E-state index contributed by atoms with van der Waals surface area (Å²) < 4.78 is 7.42. The summed E-state index contributed by atoms with van der Waals surface area (Å²) in [5.74, 6) is 1.60. The summed E-state index contributed by atoms with van der Waals surface area (Å²) in [6, 6.07) is 16.0. The van der Waals surface area contributed by atoms with Gasteiger partial charge in [0.25, 0.3) is 0 Å². The van der Waals surface area contributed by atoms with Crippen LogP contribution in [0.3, 0.4) is 0 Å². The summed E-state index contributed by atoms with van der Waals surface area (Å²) in [4.78, 5) is 14.5. The van der Waals surface area contributed by atoms with Gasteiger partial charge in [0.1, 0.15) is 5.82 Å². The lowest BCUT2D eigenvalue weighted by atomic mass is 10.2. The van der Waals surface area contributed by atoms with E-state index in [1.54, 1.807) is 18.6 Å². The van der Waals surface area contributed by atoms with Crippen molar-refractivity contribution in [2.24, 2.45) is 5.10 Å². The summed E-state index contributed by atoms with van der Waals surface area (Å²) >= 11 is 0. The maximum absolute atomic E-state index is 5.54. The quantitative estimate of drug-likeness (QED) is 0.322. The van der Waals surface area contributed by atoms with Crippen molar-refractivity contribution in [3.63, 3.8) is 0 Å². The molecule has 1 saturated heterocycles. The van der Waals surface area contributed by atoms with E-state index in [0.29, 0.717) is 19.0 Å². The van der Waals surface area contributed by atoms with Gasteiger partial charge in [0.2, 0.25) is 0 Å². The smallest absolute Gasteiger partial charge is 0.160 e. The van der Waals surface area contributed by atoms with Crippen LogP contribution in [0.5, 0.6) is 0 Å². The molecule has 5 heterocycles. The lowest BCUT2D eigenvalue weighted by Crippen LogP contribution is -2.37. The maximum Gasteiger partial charge on any atom is 0.160 e. The van der Waals surface area contributed by atoms with Crippen LogP contribution in [0.1, 0.15) is 5.56 Å². The number of benzene rings is 1. The lowest BCUT2D eigenvalue weighted by molar-refractivity contribution is 0.122. The molecule has 5 aromatic rings. The lowest BCUT2D eigenvalue weighted by Gasteiger charge is -2.29. The number of hydrogen-bond donors (Lipinski definition) is 2. The van der Waals surface area contributed by atoms with Crippen LogP contribution in [0.15, 0.2) is 72.2 Å². The molecule has 0 aliphatic carbocycles. The van der Waals surface area contributed by atoms with Gasteiger partial charge < -0.3 is 14.6 Å². The van der Waals surface area contributed by atoms with Crippen molar-refractivity contribution in [3.05, 3.63) is 72.7 Å². The predicted octanol–water partition coefficient (Wildman–Crippen LogP) is 3.56. The zero-order valence-corrected chi connectivity index (χ0v) is 17.8. The molecule has 9 nitrogen and oxygen atoms in total. The first kappa shape index (κ1) is 19.4. The minimum atomic E-state index is 0.651. The van der Waals surface area contributed by atoms with Crippen LogP contribution in [-0.4, -0.2) is 57.1 Å². The van der Waals surface area contributed by atoms with E-state index in [0.717, 1.165) is 52.3 Å². The summed E-state index contributed by atoms with van der Waals surface area (Å²) in [5, 5.41) is 10.4. The van der Waals surface area contributed by atoms with Crippen LogP contribution in [0.2, 0.25) is 0 Å². The first-order chi connectivity index (χ1) is 16.3. The van der Waals surface area contributed by atoms with Gasteiger partial charge in [-0.1, -0.05) is 18.2 Å². The summed E-state index contributed by atoms with van der Waals surface area (Å²) in [7, 11) is 0. The number of hydrazone groups is 1. The van der Waals surface area contributed by atoms with E-state index < -0.39 is 0 Å². The van der Waals surface area contributed by atoms with E-state index in [-0.39, 0.29) is 0 Å². The Morgan fingerprint density at radius 1 is 1.09 bits per heavy atom. The van der Waals surface area contributed by atoms with Crippen molar-refractivity contribution < 1.29 is 4.74 Å². The molecule has 4 aromatic heterocycles. The minimum absolute atomic E-state index is 0.651. The Morgan fingerprint density at radius 2 is 2.00 bits per heavy atom. The normalized spacial score (nSPS) is 14.5. The second-order valence-corrected chi connectivity index (χ2v) is 7.80. The van der Waals surface area contributed by atoms with E-state index in [2.05, 4.69) is 31.5 Å². The fraction of sp³-hybridized carbons (Fsp3) is 0.167. The van der Waals surface area contributed by atoms with Gasteiger partial charge in [-0.25, -0.2) is 4.98 Å². The van der Waals surface area contributed by atoms with Gasteiger partial charge in [-0.05, 0) is 18.2 Å². The highest BCUT2D eigenvalue weighted by molar-refractivity contribution is 5.99. The number of rotatable bonds is 5. The van der Waals surface area contributed by atoms with Crippen molar-refractivity contribution in [1.82, 2.24) is 24.6 Å². The average molecular weight is 438 g/mol. The molecule has 9 heteroatoms. The molecule has 6 rings (SSSR count). The number of ether oxygens (including phenoxy) is 1. The molecule has 0 saturated carbocycles. The van der Waals surface area contributed by atoms with E-state index in [1.165, 1.54) is 0 Å². The molecule has 0 atom stereocenters. The Labute approximate surface area is 189 Å². The Kier molecular flexibility index (Phi) is 4.93. The topological polar surface area (TPSA) is 95.7 Å². The van der Waals surface area contributed by atoms with Crippen molar-refractivity contribution in [3.8, 4) is 11.3 Å². The maximum atomic E-state index is 5.54. The van der Waals surface area contributed by atoms with Crippen molar-refractivity contribution in [2.75, 3.05) is 36.6 Å². The Morgan fingerprint density at radius 3 is 2.88 bits per heavy atom. The molecule has 1 fully saturated rings. The molecule has 0 bridgehead atoms. The number of aromatic nitrogens is 5. The highest BCUT2D eigenvalue weighted by atomic mass is 16.5. The third-order valence-corrected chi connectivity index (χ3v) is 5.70. The standard InChI is InChI=1S/C24H22N8O/c1-2-6-20-19(5-1)18(15-26-20)16-27-29-22-13-24(31-8-10-33-11-9-31)32-23(28-22)12-21(30-32)17-4-3-7-25-14-17/h1-7,12-16,26H,8-11H2,(H,28,29)/b27-16+. The second-order valence-electron chi connectivity index (χ2n) is 7.80. The molecular formula is C24H22N8O. The van der Waals surface area contributed by atoms with Crippen LogP contribution >= 0.6 is 0 Å². The number of hydrogen-bond acceptors (Lipinski definition) is 7. The van der Waals surface area contributed by atoms with Gasteiger partial charge in [0.15, 0.2) is 11.5 Å². The fourth-order valence-electron chi connectivity index (χ4n) is 4.06. The van der Waals surface area contributed by atoms with Gasteiger partial charge in [0.05, 0.1) is 25.1 Å². The number of pyridine rings is 1. The zero-order valence-electron chi connectivity index (χ0n) is 17.8. The van der Waals surface area contributed by atoms with Gasteiger partial charge in [0, 0.05) is 65.8 Å². The van der Waals surface area contributed by atoms with Gasteiger partial charge in [-0.15, -0.1) is 0 Å². The number of H-pyrrole nitrogens is 1. The Hall–Kier alpha value is -4.24. The molecule has 0 spiro atoms. The first-order valence-corrected chi connectivity index (χ1v) is 10.8. The van der Waals surface area contributed by atoms with E-state index in [9.17, 15) is 0 Å². The number of aromatic amines is 1. The number of fused-ring (bicyclic) bond motifs is 2. The third kappa shape index (κ3) is 3.79. The largest absolute Gasteiger partial charge is 0.378 e. The number of nitrogens with zero attached hydrogens (tertiary/aromatic N) is 6. The minimum Gasteiger partial charge on any atom is -0.378 e. The number of para-hydroxylation sites is 1. The molecule has 0 amide bonds. The number of anilines is 2. The second kappa shape index (κ2) is 8.36. The number of nitrogens with one attached hydrogen (secondary N) is 2. The van der Waals surface area contributed by atoms with Gasteiger partial charge in [-0.2, -0.15) is 14.7 Å². The van der Waals surface area contributed by atoms with Gasteiger partial charge >= 0.3 is 0 Å². The molecule has 33 heavy (non-hydrogen) atoms. The van der Waals surface area contributed by atoms with E-state index in [4.69, 9.17) is 14.8 Å². The van der Waals surface area contributed by atoms with E-state index >= 15 is 0 Å². The highest BCUT2D eigenvalue weighted by Gasteiger charge is 2.18. The van der Waals surface area contributed by atoms with Crippen LogP contribution < -0.4 is 10.3 Å². The molecule has 2 N–H and O–H groups in total. The third-order valence-electron chi connectivity index (χ3n) is 5.70. The molecule has 1 aliphatic heterocycles. The SMILES string of the molecule is C(=N\Nc1cc(N2CCOCC2)n2nc(-c3cccnc3)cc2n1)/c1c[nH]c2ccccc12. The fourth-order valence-corrected chi connectivity index (χ4v) is 4.06. The molecule has 0 unspecified atom stereocenters. The van der Waals surface area contributed by atoms with Crippen molar-refractivity contribution in [2.45, 2.75) is 0 Å². The van der Waals surface area contributed by atoms with Crippen LogP contribution in [0, 0.1) is 0 Å². The molecule has 1 aromatic carbocycles. The van der Waals surface area contributed by atoms with Crippen LogP contribution in [0.25, 0.3) is 27.8 Å². The Balaban J connectivity index is 1.36. The predicted molar refractivity (Wildman–Crippen MR) is 129 cm³/mol. The average Bonchev–Trinajstić information content (AvgIpc) is 3.49. The Bertz CT molecular complexity index is 1430. The highest BCUT2D eigenvalue weighted by Crippen LogP contribution is 2.25. The number of morpholine rings is 1. The zero-order chi connectivity index (χ0) is 22.0. The summed E-state index contributed by atoms with van der Waals surface area (Å²) in [5.41, 5.74) is 7.70. The summed E-state index contributed by atoms with van der Waals surface area (Å²) in [6.07, 6.45) is 7.31. The molecular weight excluding hydrogens is 416 g/mol. The van der Waals surface area contributed by atoms with Crippen molar-refractivity contribution >= 4 is 34.4 Å². The molecule has 164 valence electrons. The van der Waals surface area contributed by atoms with Crippen LogP contribution in [-0.2, 0) is 4.74 Å². The van der Waals surface area contributed by atoms with Crippen LogP contribution in [0.4, 0.5) is 11.6 Å². The van der Waals surface area contributed by atoms with Crippen molar-refractivity contribution in [1.29, 1.82) is 0 Å². The molecule has 1 aliphatic rings. The van der Waals surface area contributed by atoms with Gasteiger partial charge in [-0.3, -0.25) is 10.4 Å². The van der Waals surface area contributed by atoms with E-state index in [1.807, 2.05) is 53.2 Å². The first-order valence-electron chi connectivity index (χ1n) is 10.8. The summed E-state index contributed by atoms with van der Waals surface area (Å²) in [6.45, 7) is 2.95. The monoisotopic (exact) mass is 438 g/mol.